The summed E-state index contributed by atoms with van der Waals surface area (Å²) in [6.07, 6.45) is 0. The van der Waals surface area contributed by atoms with Crippen molar-refractivity contribution in [3.8, 4) is 34.2 Å². The molecule has 8 aromatic rings. The molecule has 0 radical (unpaired) electrons. The average Bonchev–Trinajstić information content (AvgIpc) is 3.55. The van der Waals surface area contributed by atoms with Crippen molar-refractivity contribution in [1.82, 2.24) is 15.0 Å². The Morgan fingerprint density at radius 3 is 2.18 bits per heavy atom. The maximum atomic E-state index is 6.22. The molecular formula is C34H21N3OS. The first-order valence-corrected chi connectivity index (χ1v) is 13.7. The Hall–Kier alpha value is -4.87. The summed E-state index contributed by atoms with van der Waals surface area (Å²) in [5, 5.41) is 4.56. The van der Waals surface area contributed by atoms with Crippen molar-refractivity contribution in [3.63, 3.8) is 0 Å². The van der Waals surface area contributed by atoms with Gasteiger partial charge in [0.05, 0.1) is 0 Å². The quantitative estimate of drug-likeness (QED) is 0.233. The zero-order valence-electron chi connectivity index (χ0n) is 21.1. The highest BCUT2D eigenvalue weighted by Gasteiger charge is 2.19. The minimum atomic E-state index is 0.631. The first-order chi connectivity index (χ1) is 19.2. The van der Waals surface area contributed by atoms with Gasteiger partial charge in [0.2, 0.25) is 0 Å². The Bertz CT molecular complexity index is 2190. The van der Waals surface area contributed by atoms with Gasteiger partial charge in [-0.25, -0.2) is 15.0 Å². The molecule has 0 spiro atoms. The largest absolute Gasteiger partial charge is 0.456 e. The molecule has 0 fully saturated rings. The van der Waals surface area contributed by atoms with Crippen molar-refractivity contribution in [2.24, 2.45) is 0 Å². The van der Waals surface area contributed by atoms with Crippen molar-refractivity contribution in [2.45, 2.75) is 6.92 Å². The molecule has 0 atom stereocenters. The van der Waals surface area contributed by atoms with Crippen LogP contribution < -0.4 is 0 Å². The topological polar surface area (TPSA) is 51.8 Å². The van der Waals surface area contributed by atoms with Crippen LogP contribution in [0.4, 0.5) is 0 Å². The lowest BCUT2D eigenvalue weighted by Crippen LogP contribution is -2.00. The first kappa shape index (κ1) is 22.1. The summed E-state index contributed by atoms with van der Waals surface area (Å²) in [6.45, 7) is 2.10. The third-order valence-electron chi connectivity index (χ3n) is 7.20. The van der Waals surface area contributed by atoms with Crippen LogP contribution in [0.5, 0.6) is 0 Å². The molecule has 5 heteroatoms. The van der Waals surface area contributed by atoms with E-state index in [1.165, 1.54) is 25.7 Å². The van der Waals surface area contributed by atoms with Crippen LogP contribution >= 0.6 is 11.3 Å². The summed E-state index contributed by atoms with van der Waals surface area (Å²) in [5.74, 6) is 1.94. The molecule has 0 bridgehead atoms. The van der Waals surface area contributed by atoms with Crippen LogP contribution in [0.1, 0.15) is 5.56 Å². The van der Waals surface area contributed by atoms with Crippen molar-refractivity contribution < 1.29 is 4.42 Å². The second kappa shape index (κ2) is 8.58. The number of hydrogen-bond donors (Lipinski definition) is 0. The lowest BCUT2D eigenvalue weighted by atomic mass is 10.0. The summed E-state index contributed by atoms with van der Waals surface area (Å²) < 4.78 is 8.65. The molecule has 0 unspecified atom stereocenters. The van der Waals surface area contributed by atoms with Gasteiger partial charge in [0.25, 0.3) is 0 Å². The normalized spacial score (nSPS) is 11.7. The Morgan fingerprint density at radius 2 is 1.28 bits per heavy atom. The van der Waals surface area contributed by atoms with Gasteiger partial charge in [-0.3, -0.25) is 0 Å². The predicted octanol–water partition coefficient (Wildman–Crippen LogP) is 9.45. The number of fused-ring (bicyclic) bond motifs is 6. The van der Waals surface area contributed by atoms with Gasteiger partial charge in [-0.1, -0.05) is 84.4 Å². The van der Waals surface area contributed by atoms with E-state index in [2.05, 4.69) is 67.6 Å². The molecule has 8 rings (SSSR count). The number of hydrogen-bond acceptors (Lipinski definition) is 5. The number of benzene rings is 5. The van der Waals surface area contributed by atoms with E-state index in [1.54, 1.807) is 11.3 Å². The highest BCUT2D eigenvalue weighted by molar-refractivity contribution is 7.26. The zero-order valence-corrected chi connectivity index (χ0v) is 21.9. The van der Waals surface area contributed by atoms with Crippen LogP contribution in [-0.4, -0.2) is 15.0 Å². The lowest BCUT2D eigenvalue weighted by molar-refractivity contribution is 0.669. The van der Waals surface area contributed by atoms with Gasteiger partial charge in [0.15, 0.2) is 17.5 Å². The maximum absolute atomic E-state index is 6.22. The monoisotopic (exact) mass is 519 g/mol. The number of thiophene rings is 1. The van der Waals surface area contributed by atoms with Crippen LogP contribution in [0.3, 0.4) is 0 Å². The van der Waals surface area contributed by atoms with E-state index >= 15 is 0 Å². The molecule has 3 aromatic heterocycles. The molecule has 5 aromatic carbocycles. The van der Waals surface area contributed by atoms with Gasteiger partial charge in [-0.2, -0.15) is 0 Å². The van der Waals surface area contributed by atoms with Gasteiger partial charge in [0.1, 0.15) is 11.2 Å². The van der Waals surface area contributed by atoms with Crippen LogP contribution in [-0.2, 0) is 0 Å². The summed E-state index contributed by atoms with van der Waals surface area (Å²) in [4.78, 5) is 15.2. The minimum Gasteiger partial charge on any atom is -0.456 e. The third kappa shape index (κ3) is 3.55. The van der Waals surface area contributed by atoms with Gasteiger partial charge < -0.3 is 4.42 Å². The summed E-state index contributed by atoms with van der Waals surface area (Å²) >= 11 is 1.78. The van der Waals surface area contributed by atoms with E-state index in [-0.39, 0.29) is 0 Å². The fraction of sp³-hybridized carbons (Fsp3) is 0.0294. The fourth-order valence-corrected chi connectivity index (χ4v) is 6.60. The fourth-order valence-electron chi connectivity index (χ4n) is 5.38. The third-order valence-corrected chi connectivity index (χ3v) is 8.42. The van der Waals surface area contributed by atoms with Crippen molar-refractivity contribution in [3.05, 3.63) is 115 Å². The Kier molecular flexibility index (Phi) is 4.87. The standard InChI is InChI=1S/C34H21N3OS/c1-20-17-18-27-26(19-20)30-24(13-8-15-28(30)38-27)33-35-32(21-9-3-2-4-10-21)36-34(37-33)25-14-7-12-23-22-11-5-6-16-29(22)39-31(23)25/h2-19H,1H3. The Balaban J connectivity index is 1.44. The van der Waals surface area contributed by atoms with Crippen LogP contribution in [0.2, 0.25) is 0 Å². The molecule has 3 heterocycles. The lowest BCUT2D eigenvalue weighted by Gasteiger charge is -2.10. The molecular weight excluding hydrogens is 498 g/mol. The van der Waals surface area contributed by atoms with Crippen LogP contribution in [0, 0.1) is 6.92 Å². The number of aromatic nitrogens is 3. The van der Waals surface area contributed by atoms with E-state index in [4.69, 9.17) is 19.4 Å². The number of furan rings is 1. The molecule has 0 saturated heterocycles. The van der Waals surface area contributed by atoms with E-state index in [0.717, 1.165) is 38.6 Å². The molecule has 0 N–H and O–H groups in total. The summed E-state index contributed by atoms with van der Waals surface area (Å²) in [5.41, 5.74) is 5.75. The Morgan fingerprint density at radius 1 is 0.564 bits per heavy atom. The number of rotatable bonds is 3. The highest BCUT2D eigenvalue weighted by Crippen LogP contribution is 2.40. The van der Waals surface area contributed by atoms with Gasteiger partial charge in [-0.05, 0) is 37.3 Å². The van der Waals surface area contributed by atoms with Gasteiger partial charge in [0, 0.05) is 47.6 Å². The highest BCUT2D eigenvalue weighted by atomic mass is 32.1. The van der Waals surface area contributed by atoms with E-state index in [1.807, 2.05) is 48.5 Å². The molecule has 4 nitrogen and oxygen atoms in total. The predicted molar refractivity (Wildman–Crippen MR) is 161 cm³/mol. The molecule has 39 heavy (non-hydrogen) atoms. The van der Waals surface area contributed by atoms with Crippen molar-refractivity contribution in [1.29, 1.82) is 0 Å². The maximum Gasteiger partial charge on any atom is 0.165 e. The van der Waals surface area contributed by atoms with Crippen LogP contribution in [0.25, 0.3) is 76.3 Å². The molecule has 0 aliphatic carbocycles. The first-order valence-electron chi connectivity index (χ1n) is 12.9. The molecule has 0 aliphatic rings. The van der Waals surface area contributed by atoms with Gasteiger partial charge >= 0.3 is 0 Å². The second-order valence-corrected chi connectivity index (χ2v) is 10.8. The summed E-state index contributed by atoms with van der Waals surface area (Å²) in [6, 6.07) is 37.4. The molecule has 0 amide bonds. The average molecular weight is 520 g/mol. The summed E-state index contributed by atoms with van der Waals surface area (Å²) in [7, 11) is 0. The molecule has 0 aliphatic heterocycles. The second-order valence-electron chi connectivity index (χ2n) is 9.73. The SMILES string of the molecule is Cc1ccc2oc3cccc(-c4nc(-c5ccccc5)nc(-c5cccc6c5sc5ccccc56)n4)c3c2c1. The van der Waals surface area contributed by atoms with E-state index < -0.39 is 0 Å². The van der Waals surface area contributed by atoms with Crippen LogP contribution in [0.15, 0.2) is 114 Å². The van der Waals surface area contributed by atoms with E-state index in [0.29, 0.717) is 17.5 Å². The van der Waals surface area contributed by atoms with Gasteiger partial charge in [-0.15, -0.1) is 11.3 Å². The zero-order chi connectivity index (χ0) is 25.9. The smallest absolute Gasteiger partial charge is 0.165 e. The molecule has 0 saturated carbocycles. The number of aryl methyl sites for hydroxylation is 1. The number of nitrogens with zero attached hydrogens (tertiary/aromatic N) is 3. The van der Waals surface area contributed by atoms with E-state index in [9.17, 15) is 0 Å². The Labute approximate surface area is 228 Å². The minimum absolute atomic E-state index is 0.631. The van der Waals surface area contributed by atoms with Crippen molar-refractivity contribution >= 4 is 53.4 Å². The van der Waals surface area contributed by atoms with Crippen molar-refractivity contribution in [2.75, 3.05) is 0 Å². The molecule has 184 valence electrons.